The van der Waals surface area contributed by atoms with E-state index >= 15 is 0 Å². The molecule has 0 spiro atoms. The van der Waals surface area contributed by atoms with Crippen LogP contribution in [-0.4, -0.2) is 60.0 Å². The highest BCUT2D eigenvalue weighted by Crippen LogP contribution is 2.27. The standard InChI is InChI=1S/C26H41N3O4/c1-16(2)20(15-18(5)25(32)33)29(9)24(31)21(17(3)4)28-23(30)22(27-8)26(6,7)19-13-11-10-12-14-19/h10-17,20-22,27H,1-9H3,(H,28,30)(H,32,33)/b18-15+/t20-,21+,22-/m1/s1. The molecule has 3 N–H and O–H groups in total. The van der Waals surface area contributed by atoms with Gasteiger partial charge in [0.15, 0.2) is 0 Å². The van der Waals surface area contributed by atoms with Crippen molar-refractivity contribution in [2.75, 3.05) is 14.1 Å². The van der Waals surface area contributed by atoms with Crippen LogP contribution in [0, 0.1) is 11.8 Å². The van der Waals surface area contributed by atoms with Crippen LogP contribution in [0.25, 0.3) is 0 Å². The molecule has 0 bridgehead atoms. The number of carboxylic acids is 1. The van der Waals surface area contributed by atoms with Crippen LogP contribution >= 0.6 is 0 Å². The van der Waals surface area contributed by atoms with Crippen molar-refractivity contribution in [3.63, 3.8) is 0 Å². The fourth-order valence-electron chi connectivity index (χ4n) is 4.05. The summed E-state index contributed by atoms with van der Waals surface area (Å²) in [6.07, 6.45) is 1.60. The number of amides is 2. The van der Waals surface area contributed by atoms with Gasteiger partial charge in [-0.05, 0) is 31.4 Å². The molecule has 0 unspecified atom stereocenters. The molecule has 0 saturated carbocycles. The number of carboxylic acid groups (broad SMARTS) is 1. The summed E-state index contributed by atoms with van der Waals surface area (Å²) >= 11 is 0. The summed E-state index contributed by atoms with van der Waals surface area (Å²) in [6, 6.07) is 8.07. The maximum absolute atomic E-state index is 13.5. The zero-order valence-electron chi connectivity index (χ0n) is 21.5. The first-order valence-electron chi connectivity index (χ1n) is 11.5. The van der Waals surface area contributed by atoms with Crippen molar-refractivity contribution in [2.45, 2.75) is 72.0 Å². The Labute approximate surface area is 198 Å². The van der Waals surface area contributed by atoms with E-state index in [2.05, 4.69) is 10.6 Å². The molecule has 0 aliphatic carbocycles. The Kier molecular flexibility index (Phi) is 10.3. The monoisotopic (exact) mass is 459 g/mol. The summed E-state index contributed by atoms with van der Waals surface area (Å²) < 4.78 is 0. The number of aliphatic carboxylic acids is 1. The predicted molar refractivity (Wildman–Crippen MR) is 132 cm³/mol. The van der Waals surface area contributed by atoms with Crippen molar-refractivity contribution >= 4 is 17.8 Å². The van der Waals surface area contributed by atoms with Gasteiger partial charge in [-0.15, -0.1) is 0 Å². The summed E-state index contributed by atoms with van der Waals surface area (Å²) in [5.41, 5.74) is 0.676. The average Bonchev–Trinajstić information content (AvgIpc) is 2.75. The lowest BCUT2D eigenvalue weighted by atomic mass is 9.77. The normalized spacial score (nSPS) is 15.2. The Morgan fingerprint density at radius 3 is 2.00 bits per heavy atom. The molecule has 0 radical (unpaired) electrons. The third-order valence-corrected chi connectivity index (χ3v) is 6.26. The number of hydrogen-bond acceptors (Lipinski definition) is 4. The van der Waals surface area contributed by atoms with Crippen LogP contribution in [0.1, 0.15) is 54.0 Å². The second-order valence-corrected chi connectivity index (χ2v) is 9.88. The molecule has 2 amide bonds. The molecule has 0 saturated heterocycles. The summed E-state index contributed by atoms with van der Waals surface area (Å²) in [4.78, 5) is 39.7. The van der Waals surface area contributed by atoms with E-state index in [-0.39, 0.29) is 29.2 Å². The lowest BCUT2D eigenvalue weighted by molar-refractivity contribution is -0.139. The van der Waals surface area contributed by atoms with Gasteiger partial charge in [0.05, 0.1) is 12.1 Å². The number of hydrogen-bond donors (Lipinski definition) is 3. The topological polar surface area (TPSA) is 98.7 Å². The van der Waals surface area contributed by atoms with Gasteiger partial charge >= 0.3 is 5.97 Å². The first kappa shape index (κ1) is 28.4. The van der Waals surface area contributed by atoms with Gasteiger partial charge in [0.2, 0.25) is 11.8 Å². The van der Waals surface area contributed by atoms with Crippen LogP contribution in [0.4, 0.5) is 0 Å². The second-order valence-electron chi connectivity index (χ2n) is 9.88. The number of benzene rings is 1. The van der Waals surface area contributed by atoms with Crippen LogP contribution in [0.3, 0.4) is 0 Å². The minimum atomic E-state index is -1.02. The lowest BCUT2D eigenvalue weighted by Gasteiger charge is -2.37. The van der Waals surface area contributed by atoms with E-state index in [1.54, 1.807) is 25.1 Å². The molecule has 33 heavy (non-hydrogen) atoms. The van der Waals surface area contributed by atoms with E-state index in [0.29, 0.717) is 0 Å². The van der Waals surface area contributed by atoms with Crippen LogP contribution < -0.4 is 10.6 Å². The van der Waals surface area contributed by atoms with Crippen molar-refractivity contribution in [3.05, 3.63) is 47.5 Å². The van der Waals surface area contributed by atoms with Crippen LogP contribution in [0.5, 0.6) is 0 Å². The second kappa shape index (κ2) is 12.0. The highest BCUT2D eigenvalue weighted by atomic mass is 16.4. The minimum Gasteiger partial charge on any atom is -0.478 e. The molecule has 0 fully saturated rings. The third kappa shape index (κ3) is 7.16. The number of carbonyl (C=O) groups excluding carboxylic acids is 2. The molecule has 7 nitrogen and oxygen atoms in total. The molecule has 1 rings (SSSR count). The van der Waals surface area contributed by atoms with Crippen LogP contribution in [0.15, 0.2) is 42.0 Å². The maximum atomic E-state index is 13.5. The molecule has 0 heterocycles. The Morgan fingerprint density at radius 1 is 1.03 bits per heavy atom. The molecule has 0 aliphatic rings. The maximum Gasteiger partial charge on any atom is 0.331 e. The quantitative estimate of drug-likeness (QED) is 0.442. The van der Waals surface area contributed by atoms with Crippen molar-refractivity contribution in [2.24, 2.45) is 11.8 Å². The minimum absolute atomic E-state index is 0.00108. The highest BCUT2D eigenvalue weighted by molar-refractivity contribution is 5.91. The third-order valence-electron chi connectivity index (χ3n) is 6.26. The number of likely N-dealkylation sites (N-methyl/N-ethyl adjacent to an activating group) is 2. The SMILES string of the molecule is CN[C@H](C(=O)N[C@H](C(=O)N(C)[C@H](/C=C(\C)C(=O)O)C(C)C)C(C)C)C(C)(C)c1ccccc1. The number of nitrogens with zero attached hydrogens (tertiary/aromatic N) is 1. The van der Waals surface area contributed by atoms with Gasteiger partial charge in [-0.3, -0.25) is 9.59 Å². The van der Waals surface area contributed by atoms with Crippen LogP contribution in [0.2, 0.25) is 0 Å². The van der Waals surface area contributed by atoms with E-state index in [1.165, 1.54) is 6.92 Å². The van der Waals surface area contributed by atoms with E-state index in [4.69, 9.17) is 0 Å². The van der Waals surface area contributed by atoms with Crippen molar-refractivity contribution < 1.29 is 19.5 Å². The molecular formula is C26H41N3O4. The van der Waals surface area contributed by atoms with Gasteiger partial charge in [0, 0.05) is 18.0 Å². The molecule has 7 heteroatoms. The largest absolute Gasteiger partial charge is 0.478 e. The van der Waals surface area contributed by atoms with E-state index < -0.39 is 29.5 Å². The molecule has 1 aromatic carbocycles. The predicted octanol–water partition coefficient (Wildman–Crippen LogP) is 3.21. The molecular weight excluding hydrogens is 418 g/mol. The van der Waals surface area contributed by atoms with Gasteiger partial charge in [-0.1, -0.05) is 78.0 Å². The van der Waals surface area contributed by atoms with E-state index in [9.17, 15) is 19.5 Å². The Bertz CT molecular complexity index is 846. The summed E-state index contributed by atoms with van der Waals surface area (Å²) in [5.74, 6) is -1.68. The highest BCUT2D eigenvalue weighted by Gasteiger charge is 2.38. The Balaban J connectivity index is 3.19. The van der Waals surface area contributed by atoms with Crippen molar-refractivity contribution in [1.29, 1.82) is 0 Å². The summed E-state index contributed by atoms with van der Waals surface area (Å²) in [5, 5.41) is 15.4. The Morgan fingerprint density at radius 2 is 1.58 bits per heavy atom. The van der Waals surface area contributed by atoms with Gasteiger partial charge < -0.3 is 20.6 Å². The van der Waals surface area contributed by atoms with Crippen LogP contribution in [-0.2, 0) is 19.8 Å². The first-order valence-corrected chi connectivity index (χ1v) is 11.5. The van der Waals surface area contributed by atoms with Gasteiger partial charge in [-0.2, -0.15) is 0 Å². The molecule has 184 valence electrons. The molecule has 3 atom stereocenters. The molecule has 0 aliphatic heterocycles. The number of nitrogens with one attached hydrogen (secondary N) is 2. The zero-order chi connectivity index (χ0) is 25.5. The summed E-state index contributed by atoms with van der Waals surface area (Å²) in [7, 11) is 3.39. The van der Waals surface area contributed by atoms with Gasteiger partial charge in [0.25, 0.3) is 0 Å². The molecule has 0 aromatic heterocycles. The van der Waals surface area contributed by atoms with Crippen molar-refractivity contribution in [3.8, 4) is 0 Å². The van der Waals surface area contributed by atoms with Gasteiger partial charge in [-0.25, -0.2) is 4.79 Å². The van der Waals surface area contributed by atoms with E-state index in [1.807, 2.05) is 71.9 Å². The number of rotatable bonds is 11. The smallest absolute Gasteiger partial charge is 0.331 e. The fraction of sp³-hybridized carbons (Fsp3) is 0.577. The first-order chi connectivity index (χ1) is 15.2. The zero-order valence-corrected chi connectivity index (χ0v) is 21.5. The number of carbonyl (C=O) groups is 3. The molecule has 1 aromatic rings. The Hall–Kier alpha value is -2.67. The van der Waals surface area contributed by atoms with Crippen molar-refractivity contribution in [1.82, 2.24) is 15.5 Å². The summed E-state index contributed by atoms with van der Waals surface area (Å²) in [6.45, 7) is 13.1. The van der Waals surface area contributed by atoms with Gasteiger partial charge in [0.1, 0.15) is 6.04 Å². The van der Waals surface area contributed by atoms with E-state index in [0.717, 1.165) is 5.56 Å². The lowest BCUT2D eigenvalue weighted by Crippen LogP contribution is -2.59. The average molecular weight is 460 g/mol. The fourth-order valence-corrected chi connectivity index (χ4v) is 4.05.